The van der Waals surface area contributed by atoms with E-state index in [0.717, 1.165) is 141 Å². The van der Waals surface area contributed by atoms with Gasteiger partial charge in [0, 0.05) is 19.3 Å². The Balaban J connectivity index is 4.39. The lowest BCUT2D eigenvalue weighted by Gasteiger charge is -2.18. The molecule has 0 amide bonds. The summed E-state index contributed by atoms with van der Waals surface area (Å²) >= 11 is 0. The molecular weight excluding hydrogens is 985 g/mol. The highest BCUT2D eigenvalue weighted by atomic mass is 16.6. The van der Waals surface area contributed by atoms with E-state index >= 15 is 0 Å². The van der Waals surface area contributed by atoms with Crippen molar-refractivity contribution in [2.75, 3.05) is 13.2 Å². The van der Waals surface area contributed by atoms with Gasteiger partial charge in [-0.25, -0.2) is 0 Å². The molecule has 80 heavy (non-hydrogen) atoms. The molecule has 452 valence electrons. The van der Waals surface area contributed by atoms with Crippen LogP contribution in [0.5, 0.6) is 0 Å². The largest absolute Gasteiger partial charge is 0.462 e. The molecule has 0 radical (unpaired) electrons. The van der Waals surface area contributed by atoms with E-state index in [9.17, 15) is 14.4 Å². The van der Waals surface area contributed by atoms with Gasteiger partial charge in [-0.05, 0) is 122 Å². The second-order valence-corrected chi connectivity index (χ2v) is 21.3. The molecule has 0 aromatic carbocycles. The van der Waals surface area contributed by atoms with Crippen LogP contribution in [0.15, 0.2) is 146 Å². The first-order valence-electron chi connectivity index (χ1n) is 32.8. The van der Waals surface area contributed by atoms with Gasteiger partial charge < -0.3 is 14.2 Å². The SMILES string of the molecule is CC/C=C\C/C=C\C/C=C\C/C=C\C/C=C\C/C=C\C/C=C\C/C=C\C/C=C\C/C=C\CCCCC(=O)OCC(COC(=O)CCCCCCC/C=C\C/C=C\CCCC)OC(=O)CCCCCCCCCCCCCCCCC. The quantitative estimate of drug-likeness (QED) is 0.0261. The molecule has 0 aromatic heterocycles. The molecule has 1 atom stereocenters. The standard InChI is InChI=1S/C74H120O6/c1-4-7-10-13-16-19-22-25-28-29-30-31-32-33-34-35-36-37-38-39-40-41-42-43-44-45-47-49-52-55-58-61-64-67-73(76)79-70-71(69-78-72(75)66-63-60-57-54-51-48-27-24-21-18-15-12-9-6-3)80-74(77)68-65-62-59-56-53-50-46-26-23-20-17-14-11-8-5-2/h7,10,15-16,18-19,24-25,27-28,30-31,33-34,36-37,39-40,42-43,45,47,52,55,71H,4-6,8-9,11-14,17,20-23,26,29,32,35,38,41,44,46,48-51,53-54,56-70H2,1-3H3/b10-7-,18-15-,19-16-,27-24-,28-25-,31-30-,34-33-,37-36-,40-39-,43-42-,47-45-,55-52-. The molecule has 6 heteroatoms. The zero-order valence-electron chi connectivity index (χ0n) is 51.8. The van der Waals surface area contributed by atoms with Crippen LogP contribution >= 0.6 is 0 Å². The highest BCUT2D eigenvalue weighted by Crippen LogP contribution is 2.15. The molecule has 0 saturated carbocycles. The normalized spacial score (nSPS) is 13.1. The molecule has 0 aromatic rings. The summed E-state index contributed by atoms with van der Waals surface area (Å²) in [5.41, 5.74) is 0. The zero-order chi connectivity index (χ0) is 57.8. The topological polar surface area (TPSA) is 78.9 Å². The summed E-state index contributed by atoms with van der Waals surface area (Å²) in [7, 11) is 0. The summed E-state index contributed by atoms with van der Waals surface area (Å²) in [5, 5.41) is 0. The van der Waals surface area contributed by atoms with Crippen molar-refractivity contribution in [2.45, 2.75) is 290 Å². The Morgan fingerprint density at radius 1 is 0.263 bits per heavy atom. The Hall–Kier alpha value is -4.71. The van der Waals surface area contributed by atoms with E-state index < -0.39 is 6.10 Å². The minimum Gasteiger partial charge on any atom is -0.462 e. The minimum absolute atomic E-state index is 0.101. The van der Waals surface area contributed by atoms with E-state index in [-0.39, 0.29) is 31.1 Å². The van der Waals surface area contributed by atoms with Gasteiger partial charge in [-0.2, -0.15) is 0 Å². The average molecular weight is 1110 g/mol. The van der Waals surface area contributed by atoms with Gasteiger partial charge in [0.1, 0.15) is 13.2 Å². The van der Waals surface area contributed by atoms with Crippen LogP contribution in [-0.2, 0) is 28.6 Å². The van der Waals surface area contributed by atoms with Gasteiger partial charge in [0.05, 0.1) is 0 Å². The number of hydrogen-bond acceptors (Lipinski definition) is 6. The maximum atomic E-state index is 12.9. The van der Waals surface area contributed by atoms with Gasteiger partial charge in [-0.1, -0.05) is 289 Å². The van der Waals surface area contributed by atoms with E-state index in [4.69, 9.17) is 14.2 Å². The van der Waals surface area contributed by atoms with Crippen LogP contribution in [0.1, 0.15) is 284 Å². The van der Waals surface area contributed by atoms with Crippen LogP contribution in [-0.4, -0.2) is 37.2 Å². The fourth-order valence-corrected chi connectivity index (χ4v) is 8.66. The van der Waals surface area contributed by atoms with Crippen molar-refractivity contribution in [2.24, 2.45) is 0 Å². The monoisotopic (exact) mass is 1100 g/mol. The Labute approximate surface area is 493 Å². The zero-order valence-corrected chi connectivity index (χ0v) is 51.8. The Morgan fingerprint density at radius 3 is 0.825 bits per heavy atom. The Morgan fingerprint density at radius 2 is 0.500 bits per heavy atom. The lowest BCUT2D eigenvalue weighted by Crippen LogP contribution is -2.30. The highest BCUT2D eigenvalue weighted by Gasteiger charge is 2.19. The molecule has 0 N–H and O–H groups in total. The number of hydrogen-bond donors (Lipinski definition) is 0. The van der Waals surface area contributed by atoms with Gasteiger partial charge in [0.25, 0.3) is 0 Å². The summed E-state index contributed by atoms with van der Waals surface area (Å²) in [6.07, 6.45) is 95.7. The predicted octanol–water partition coefficient (Wildman–Crippen LogP) is 22.7. The predicted molar refractivity (Wildman–Crippen MR) is 348 cm³/mol. The van der Waals surface area contributed by atoms with E-state index in [2.05, 4.69) is 167 Å². The maximum absolute atomic E-state index is 12.9. The second kappa shape index (κ2) is 66.8. The third-order valence-electron chi connectivity index (χ3n) is 13.6. The first-order chi connectivity index (χ1) is 39.5. The Bertz CT molecular complexity index is 1750. The number of esters is 3. The number of ether oxygens (including phenoxy) is 3. The van der Waals surface area contributed by atoms with Crippen LogP contribution in [0.4, 0.5) is 0 Å². The van der Waals surface area contributed by atoms with Crippen LogP contribution in [0.2, 0.25) is 0 Å². The van der Waals surface area contributed by atoms with Crippen molar-refractivity contribution in [3.63, 3.8) is 0 Å². The number of carbonyl (C=O) groups excluding carboxylic acids is 3. The minimum atomic E-state index is -0.806. The molecule has 0 aliphatic heterocycles. The van der Waals surface area contributed by atoms with Crippen LogP contribution in [0.25, 0.3) is 0 Å². The van der Waals surface area contributed by atoms with Crippen LogP contribution in [0, 0.1) is 0 Å². The van der Waals surface area contributed by atoms with Crippen molar-refractivity contribution in [3.05, 3.63) is 146 Å². The first kappa shape index (κ1) is 75.3. The third-order valence-corrected chi connectivity index (χ3v) is 13.6. The van der Waals surface area contributed by atoms with E-state index in [1.807, 2.05) is 0 Å². The van der Waals surface area contributed by atoms with E-state index in [1.165, 1.54) is 96.3 Å². The fourth-order valence-electron chi connectivity index (χ4n) is 8.66. The van der Waals surface area contributed by atoms with Gasteiger partial charge >= 0.3 is 17.9 Å². The highest BCUT2D eigenvalue weighted by molar-refractivity contribution is 5.71. The van der Waals surface area contributed by atoms with E-state index in [1.54, 1.807) is 0 Å². The molecule has 0 spiro atoms. The van der Waals surface area contributed by atoms with Crippen molar-refractivity contribution in [3.8, 4) is 0 Å². The van der Waals surface area contributed by atoms with Gasteiger partial charge in [0.2, 0.25) is 0 Å². The van der Waals surface area contributed by atoms with Crippen LogP contribution < -0.4 is 0 Å². The molecular formula is C74H120O6. The number of rotatable bonds is 58. The molecule has 0 saturated heterocycles. The van der Waals surface area contributed by atoms with E-state index in [0.29, 0.717) is 25.7 Å². The number of carbonyl (C=O) groups is 3. The maximum Gasteiger partial charge on any atom is 0.306 e. The smallest absolute Gasteiger partial charge is 0.306 e. The molecule has 0 rings (SSSR count). The summed E-state index contributed by atoms with van der Waals surface area (Å²) < 4.78 is 16.9. The second-order valence-electron chi connectivity index (χ2n) is 21.3. The Kier molecular flexibility index (Phi) is 62.9. The first-order valence-corrected chi connectivity index (χ1v) is 32.8. The summed E-state index contributed by atoms with van der Waals surface area (Å²) in [6.45, 7) is 6.45. The molecule has 0 heterocycles. The molecule has 0 aliphatic rings. The van der Waals surface area contributed by atoms with Gasteiger partial charge in [-0.3, -0.25) is 14.4 Å². The van der Waals surface area contributed by atoms with Crippen molar-refractivity contribution in [1.29, 1.82) is 0 Å². The summed E-state index contributed by atoms with van der Waals surface area (Å²) in [5.74, 6) is -0.957. The lowest BCUT2D eigenvalue weighted by atomic mass is 10.0. The fraction of sp³-hybridized carbons (Fsp3) is 0.635. The van der Waals surface area contributed by atoms with Gasteiger partial charge in [-0.15, -0.1) is 0 Å². The van der Waals surface area contributed by atoms with Gasteiger partial charge in [0.15, 0.2) is 6.10 Å². The van der Waals surface area contributed by atoms with Crippen molar-refractivity contribution < 1.29 is 28.6 Å². The number of allylic oxidation sites excluding steroid dienone is 24. The molecule has 0 fully saturated rings. The summed E-state index contributed by atoms with van der Waals surface area (Å²) in [4.78, 5) is 38.3. The van der Waals surface area contributed by atoms with Crippen molar-refractivity contribution in [1.82, 2.24) is 0 Å². The molecule has 6 nitrogen and oxygen atoms in total. The lowest BCUT2D eigenvalue weighted by molar-refractivity contribution is -0.167. The molecule has 1 unspecified atom stereocenters. The molecule has 0 aliphatic carbocycles. The molecule has 0 bridgehead atoms. The average Bonchev–Trinajstić information content (AvgIpc) is 3.46. The third kappa shape index (κ3) is 64.1. The number of unbranched alkanes of at least 4 members (excludes halogenated alkanes) is 23. The van der Waals surface area contributed by atoms with Crippen molar-refractivity contribution >= 4 is 17.9 Å². The van der Waals surface area contributed by atoms with Crippen LogP contribution in [0.3, 0.4) is 0 Å². The summed E-state index contributed by atoms with van der Waals surface area (Å²) in [6, 6.07) is 0.